The lowest BCUT2D eigenvalue weighted by Gasteiger charge is -2.17. The largest absolute Gasteiger partial charge is 0.465 e. The molecule has 0 radical (unpaired) electrons. The first-order valence-corrected chi connectivity index (χ1v) is 4.18. The molecule has 18 heavy (non-hydrogen) atoms. The maximum absolute atomic E-state index is 12.9. The van der Waals surface area contributed by atoms with Crippen molar-refractivity contribution in [1.29, 1.82) is 0 Å². The summed E-state index contributed by atoms with van der Waals surface area (Å²) >= 11 is 0. The number of carbonyl (C=O) groups excluding carboxylic acids is 1. The van der Waals surface area contributed by atoms with E-state index >= 15 is 0 Å². The van der Waals surface area contributed by atoms with Gasteiger partial charge < -0.3 is 4.74 Å². The number of hydrogen-bond donors (Lipinski definition) is 0. The summed E-state index contributed by atoms with van der Waals surface area (Å²) in [6, 6.07) is 1.86. The molecule has 0 aliphatic carbocycles. The van der Waals surface area contributed by atoms with Gasteiger partial charge in [0.25, 0.3) is 0 Å². The third-order valence-corrected chi connectivity index (χ3v) is 1.73. The first kappa shape index (κ1) is 14.3. The van der Waals surface area contributed by atoms with Crippen LogP contribution in [0.2, 0.25) is 0 Å². The Labute approximate surface area is 95.0 Å². The van der Waals surface area contributed by atoms with Gasteiger partial charge in [-0.15, -0.1) is 0 Å². The van der Waals surface area contributed by atoms with Gasteiger partial charge in [-0.3, -0.25) is 0 Å². The number of halogens is 7. The van der Waals surface area contributed by atoms with E-state index < -0.39 is 35.5 Å². The number of rotatable bonds is 2. The summed E-state index contributed by atoms with van der Waals surface area (Å²) in [4.78, 5) is 10.6. The zero-order chi connectivity index (χ0) is 14.1. The van der Waals surface area contributed by atoms with Gasteiger partial charge >= 0.3 is 18.1 Å². The fourth-order valence-corrected chi connectivity index (χ4v) is 0.853. The zero-order valence-corrected chi connectivity index (χ0v) is 8.19. The molecule has 0 unspecified atom stereocenters. The van der Waals surface area contributed by atoms with Crippen molar-refractivity contribution in [1.82, 2.24) is 0 Å². The van der Waals surface area contributed by atoms with E-state index in [-0.39, 0.29) is 0 Å². The molecule has 1 aromatic rings. The van der Waals surface area contributed by atoms with E-state index in [0.717, 1.165) is 6.07 Å². The van der Waals surface area contributed by atoms with E-state index in [4.69, 9.17) is 0 Å². The molecule has 0 saturated carbocycles. The van der Waals surface area contributed by atoms with E-state index in [1.165, 1.54) is 0 Å². The fraction of sp³-hybridized carbons (Fsp3) is 0.222. The molecule has 1 aromatic carbocycles. The minimum atomic E-state index is -6.22. The van der Waals surface area contributed by atoms with Crippen LogP contribution in [-0.4, -0.2) is 18.1 Å². The SMILES string of the molecule is O=C(Oc1c(F)cccc1F)C(F)(F)C(F)(F)F. The number of benzene rings is 1. The Bertz CT molecular complexity index is 446. The van der Waals surface area contributed by atoms with Gasteiger partial charge in [0, 0.05) is 0 Å². The normalized spacial score (nSPS) is 12.4. The van der Waals surface area contributed by atoms with Crippen LogP contribution < -0.4 is 4.74 Å². The highest BCUT2D eigenvalue weighted by atomic mass is 19.4. The van der Waals surface area contributed by atoms with Crippen LogP contribution >= 0.6 is 0 Å². The van der Waals surface area contributed by atoms with Crippen molar-refractivity contribution >= 4 is 5.97 Å². The number of hydrogen-bond acceptors (Lipinski definition) is 2. The molecule has 0 N–H and O–H groups in total. The average molecular weight is 276 g/mol. The number of alkyl halides is 5. The summed E-state index contributed by atoms with van der Waals surface area (Å²) in [6.07, 6.45) is -6.22. The molecule has 0 aliphatic rings. The third kappa shape index (κ3) is 2.54. The number of carbonyl (C=O) groups is 1. The standard InChI is InChI=1S/C9H3F7O2/c10-4-2-1-3-5(11)6(4)18-7(17)8(12,13)9(14,15)16/h1-3H. The number of para-hydroxylation sites is 1. The molecule has 0 bridgehead atoms. The quantitative estimate of drug-likeness (QED) is 0.471. The van der Waals surface area contributed by atoms with Crippen LogP contribution in [0.3, 0.4) is 0 Å². The summed E-state index contributed by atoms with van der Waals surface area (Å²) < 4.78 is 89.2. The smallest absolute Gasteiger partial charge is 0.416 e. The minimum Gasteiger partial charge on any atom is -0.416 e. The predicted molar refractivity (Wildman–Crippen MR) is 43.0 cm³/mol. The van der Waals surface area contributed by atoms with E-state index in [1.807, 2.05) is 0 Å². The van der Waals surface area contributed by atoms with Gasteiger partial charge in [-0.05, 0) is 12.1 Å². The molecule has 0 saturated heterocycles. The number of ether oxygens (including phenoxy) is 1. The molecule has 2 nitrogen and oxygen atoms in total. The van der Waals surface area contributed by atoms with Crippen LogP contribution in [0.5, 0.6) is 5.75 Å². The highest BCUT2D eigenvalue weighted by Crippen LogP contribution is 2.37. The average Bonchev–Trinajstić information content (AvgIpc) is 2.21. The van der Waals surface area contributed by atoms with Gasteiger partial charge in [0.15, 0.2) is 11.6 Å². The first-order valence-electron chi connectivity index (χ1n) is 4.18. The molecule has 0 amide bonds. The zero-order valence-electron chi connectivity index (χ0n) is 8.19. The minimum absolute atomic E-state index is 0.525. The Morgan fingerprint density at radius 3 is 1.83 bits per heavy atom. The van der Waals surface area contributed by atoms with Crippen molar-refractivity contribution in [3.05, 3.63) is 29.8 Å². The lowest BCUT2D eigenvalue weighted by atomic mass is 10.3. The molecule has 0 heterocycles. The second-order valence-corrected chi connectivity index (χ2v) is 3.01. The summed E-state index contributed by atoms with van der Waals surface area (Å²) in [5.41, 5.74) is 0. The number of esters is 1. The van der Waals surface area contributed by atoms with Crippen LogP contribution in [0.25, 0.3) is 0 Å². The van der Waals surface area contributed by atoms with Gasteiger partial charge in [0.1, 0.15) is 0 Å². The molecule has 0 atom stereocenters. The second-order valence-electron chi connectivity index (χ2n) is 3.01. The maximum atomic E-state index is 12.9. The van der Waals surface area contributed by atoms with Crippen molar-refractivity contribution in [2.45, 2.75) is 12.1 Å². The van der Waals surface area contributed by atoms with Gasteiger partial charge in [-0.2, -0.15) is 22.0 Å². The molecular weight excluding hydrogens is 273 g/mol. The van der Waals surface area contributed by atoms with Crippen molar-refractivity contribution in [3.8, 4) is 5.75 Å². The summed E-state index contributed by atoms with van der Waals surface area (Å²) in [6.45, 7) is 0. The van der Waals surface area contributed by atoms with Crippen molar-refractivity contribution in [2.24, 2.45) is 0 Å². The first-order chi connectivity index (χ1) is 8.07. The van der Waals surface area contributed by atoms with Gasteiger partial charge in [-0.1, -0.05) is 6.07 Å². The van der Waals surface area contributed by atoms with Crippen molar-refractivity contribution in [3.63, 3.8) is 0 Å². The molecule has 0 aliphatic heterocycles. The van der Waals surface area contributed by atoms with Crippen LogP contribution in [0.4, 0.5) is 30.7 Å². The molecule has 1 rings (SSSR count). The summed E-state index contributed by atoms with van der Waals surface area (Å²) in [7, 11) is 0. The highest BCUT2D eigenvalue weighted by molar-refractivity contribution is 5.80. The molecule has 100 valence electrons. The maximum Gasteiger partial charge on any atom is 0.465 e. The second kappa shape index (κ2) is 4.46. The van der Waals surface area contributed by atoms with E-state index in [1.54, 1.807) is 0 Å². The van der Waals surface area contributed by atoms with Crippen LogP contribution in [-0.2, 0) is 4.79 Å². The molecule has 9 heteroatoms. The Kier molecular flexibility index (Phi) is 3.54. The molecular formula is C9H3F7O2. The van der Waals surface area contributed by atoms with Crippen molar-refractivity contribution in [2.75, 3.05) is 0 Å². The van der Waals surface area contributed by atoms with E-state index in [2.05, 4.69) is 4.74 Å². The molecule has 0 fully saturated rings. The summed E-state index contributed by atoms with van der Waals surface area (Å²) in [5, 5.41) is 0. The van der Waals surface area contributed by atoms with Crippen LogP contribution in [0, 0.1) is 11.6 Å². The highest BCUT2D eigenvalue weighted by Gasteiger charge is 2.65. The Balaban J connectivity index is 3.03. The Morgan fingerprint density at radius 2 is 1.44 bits per heavy atom. The van der Waals surface area contributed by atoms with Crippen LogP contribution in [0.1, 0.15) is 0 Å². The molecule has 0 aromatic heterocycles. The molecule has 0 spiro atoms. The Morgan fingerprint density at radius 1 is 1.00 bits per heavy atom. The van der Waals surface area contributed by atoms with E-state index in [0.29, 0.717) is 12.1 Å². The van der Waals surface area contributed by atoms with E-state index in [9.17, 15) is 35.5 Å². The lowest BCUT2D eigenvalue weighted by Crippen LogP contribution is -2.46. The fourth-order valence-electron chi connectivity index (χ4n) is 0.853. The van der Waals surface area contributed by atoms with Crippen LogP contribution in [0.15, 0.2) is 18.2 Å². The third-order valence-electron chi connectivity index (χ3n) is 1.73. The van der Waals surface area contributed by atoms with Crippen molar-refractivity contribution < 1.29 is 40.3 Å². The van der Waals surface area contributed by atoms with Gasteiger partial charge in [0.05, 0.1) is 0 Å². The lowest BCUT2D eigenvalue weighted by molar-refractivity contribution is -0.276. The summed E-state index contributed by atoms with van der Waals surface area (Å²) in [5.74, 6) is -13.8. The monoisotopic (exact) mass is 276 g/mol. The van der Waals surface area contributed by atoms with Gasteiger partial charge in [0.2, 0.25) is 5.75 Å². The Hall–Kier alpha value is -1.80. The predicted octanol–water partition coefficient (Wildman–Crippen LogP) is 3.07. The topological polar surface area (TPSA) is 26.3 Å². The van der Waals surface area contributed by atoms with Gasteiger partial charge in [-0.25, -0.2) is 13.6 Å².